The Morgan fingerprint density at radius 2 is 0.625 bits per heavy atom. The Hall–Kier alpha value is -2.45. The smallest absolute Gasteiger partial charge is 0.127 e. The van der Waals surface area contributed by atoms with E-state index in [9.17, 15) is 0 Å². The van der Waals surface area contributed by atoms with Crippen molar-refractivity contribution in [2.75, 3.05) is 0 Å². The lowest BCUT2D eigenvalue weighted by molar-refractivity contribution is -0.212. The van der Waals surface area contributed by atoms with Crippen LogP contribution in [0.2, 0.25) is 78.6 Å². The van der Waals surface area contributed by atoms with Crippen LogP contribution in [0.4, 0.5) is 0 Å². The van der Waals surface area contributed by atoms with E-state index in [1.165, 1.54) is 99.3 Å². The van der Waals surface area contributed by atoms with Gasteiger partial charge >= 0.3 is 0 Å². The van der Waals surface area contributed by atoms with Gasteiger partial charge in [-0.1, -0.05) is 102 Å². The van der Waals surface area contributed by atoms with Crippen molar-refractivity contribution in [3.63, 3.8) is 0 Å². The molecule has 4 unspecified atom stereocenters. The van der Waals surface area contributed by atoms with Crippen LogP contribution in [-0.2, 0) is 10.8 Å². The second kappa shape index (κ2) is 13.5. The number of hydrogen-bond donors (Lipinski definition) is 0. The molecule has 0 aromatic heterocycles. The van der Waals surface area contributed by atoms with E-state index in [0.29, 0.717) is 10.8 Å². The molecule has 8 saturated carbocycles. The minimum atomic E-state index is -1.52. The predicted molar refractivity (Wildman–Crippen MR) is 251 cm³/mol. The standard InChI is InChI=1S/C52H70Si4/c1-53(2,3)17-13-39-21-40(14-18-54(4,5)6)26-47(25-39)49-29-43-23-44(30-49)34-51(33-43,37-49)52-35-45-24-46(36-52)32-50(31-45,38-52)48-27-41(15-19-55(7,8)9)22-42(28-48)16-20-56(10,11)12/h21-22,25-28,43-46H,23-24,29-38H2,1-12H3. The molecule has 8 bridgehead atoms. The molecule has 0 saturated heterocycles. The summed E-state index contributed by atoms with van der Waals surface area (Å²) in [6.45, 7) is 28.4. The molecular weight excluding hydrogens is 737 g/mol. The summed E-state index contributed by atoms with van der Waals surface area (Å²) in [5.74, 6) is 18.3. The lowest BCUT2D eigenvalue weighted by Crippen LogP contribution is -2.66. The highest BCUT2D eigenvalue weighted by Crippen LogP contribution is 2.78. The van der Waals surface area contributed by atoms with Crippen LogP contribution >= 0.6 is 0 Å². The molecule has 0 spiro atoms. The van der Waals surface area contributed by atoms with Crippen molar-refractivity contribution in [3.05, 3.63) is 69.8 Å². The Morgan fingerprint density at radius 3 is 0.857 bits per heavy atom. The fraction of sp³-hybridized carbons (Fsp3) is 0.615. The first-order chi connectivity index (χ1) is 25.9. The van der Waals surface area contributed by atoms with Crippen LogP contribution in [0.25, 0.3) is 0 Å². The summed E-state index contributed by atoms with van der Waals surface area (Å²) in [4.78, 5) is 0. The Kier molecular flexibility index (Phi) is 9.75. The monoisotopic (exact) mass is 806 g/mol. The molecule has 4 atom stereocenters. The summed E-state index contributed by atoms with van der Waals surface area (Å²) in [6, 6.07) is 14.9. The van der Waals surface area contributed by atoms with Gasteiger partial charge in [-0.3, -0.25) is 0 Å². The number of hydrogen-bond acceptors (Lipinski definition) is 0. The van der Waals surface area contributed by atoms with Gasteiger partial charge in [-0.25, -0.2) is 0 Å². The molecule has 0 nitrogen and oxygen atoms in total. The Balaban J connectivity index is 1.22. The average Bonchev–Trinajstić information content (AvgIpc) is 3.06. The van der Waals surface area contributed by atoms with E-state index in [4.69, 9.17) is 0 Å². The molecule has 2 aromatic rings. The van der Waals surface area contributed by atoms with Crippen molar-refractivity contribution in [2.45, 2.75) is 166 Å². The van der Waals surface area contributed by atoms with Gasteiger partial charge in [-0.2, -0.15) is 0 Å². The van der Waals surface area contributed by atoms with Crippen molar-refractivity contribution in [1.82, 2.24) is 0 Å². The summed E-state index contributed by atoms with van der Waals surface area (Å²) in [5, 5.41) is 0. The molecule has 0 amide bonds. The van der Waals surface area contributed by atoms with E-state index in [1.54, 1.807) is 11.1 Å². The van der Waals surface area contributed by atoms with E-state index in [0.717, 1.165) is 23.7 Å². The Morgan fingerprint density at radius 1 is 0.375 bits per heavy atom. The topological polar surface area (TPSA) is 0 Å². The van der Waals surface area contributed by atoms with Crippen LogP contribution in [0.1, 0.15) is 110 Å². The van der Waals surface area contributed by atoms with Gasteiger partial charge in [0.15, 0.2) is 0 Å². The minimum Gasteiger partial charge on any atom is -0.127 e. The van der Waals surface area contributed by atoms with Crippen molar-refractivity contribution >= 4 is 32.3 Å². The van der Waals surface area contributed by atoms with E-state index >= 15 is 0 Å². The highest BCUT2D eigenvalue weighted by molar-refractivity contribution is 6.85. The van der Waals surface area contributed by atoms with Gasteiger partial charge < -0.3 is 0 Å². The third-order valence-electron chi connectivity index (χ3n) is 14.7. The molecule has 8 aliphatic rings. The molecule has 0 aliphatic heterocycles. The summed E-state index contributed by atoms with van der Waals surface area (Å²) in [7, 11) is -6.07. The maximum Gasteiger partial charge on any atom is 0.129 e. The highest BCUT2D eigenvalue weighted by Gasteiger charge is 2.70. The number of benzene rings is 2. The fourth-order valence-electron chi connectivity index (χ4n) is 13.6. The van der Waals surface area contributed by atoms with Crippen LogP contribution in [-0.4, -0.2) is 32.3 Å². The molecule has 8 aliphatic carbocycles. The van der Waals surface area contributed by atoms with Crippen molar-refractivity contribution in [2.24, 2.45) is 34.5 Å². The lowest BCUT2D eigenvalue weighted by atomic mass is 9.30. The maximum absolute atomic E-state index is 3.73. The molecule has 294 valence electrons. The first kappa shape index (κ1) is 40.3. The summed E-state index contributed by atoms with van der Waals surface area (Å²) in [5.41, 5.74) is 24.4. The summed E-state index contributed by atoms with van der Waals surface area (Å²) >= 11 is 0. The van der Waals surface area contributed by atoms with Crippen molar-refractivity contribution in [3.8, 4) is 45.9 Å². The zero-order valence-electron chi connectivity index (χ0n) is 37.3. The van der Waals surface area contributed by atoms with Gasteiger partial charge in [-0.05, 0) is 170 Å². The second-order valence-corrected chi connectivity index (χ2v) is 43.6. The van der Waals surface area contributed by atoms with Crippen LogP contribution in [0.3, 0.4) is 0 Å². The average molecular weight is 807 g/mol. The van der Waals surface area contributed by atoms with Gasteiger partial charge in [0.25, 0.3) is 0 Å². The predicted octanol–water partition coefficient (Wildman–Crippen LogP) is 13.0. The van der Waals surface area contributed by atoms with Crippen LogP contribution in [0, 0.1) is 80.4 Å². The third-order valence-corrected chi connectivity index (χ3v) is 18.2. The van der Waals surface area contributed by atoms with Gasteiger partial charge in [0.1, 0.15) is 32.3 Å². The van der Waals surface area contributed by atoms with Crippen molar-refractivity contribution in [1.29, 1.82) is 0 Å². The van der Waals surface area contributed by atoms with E-state index in [-0.39, 0.29) is 10.8 Å². The Labute approximate surface area is 347 Å². The van der Waals surface area contributed by atoms with E-state index in [1.807, 2.05) is 0 Å². The molecule has 0 N–H and O–H groups in total. The highest BCUT2D eigenvalue weighted by atomic mass is 28.3. The van der Waals surface area contributed by atoms with E-state index in [2.05, 4.69) is 161 Å². The molecule has 0 radical (unpaired) electrons. The summed E-state index contributed by atoms with van der Waals surface area (Å²) < 4.78 is 0. The third kappa shape index (κ3) is 8.22. The molecular formula is C52H70Si4. The zero-order chi connectivity index (χ0) is 40.2. The van der Waals surface area contributed by atoms with Gasteiger partial charge in [0, 0.05) is 22.3 Å². The quantitative estimate of drug-likeness (QED) is 0.214. The normalized spacial score (nSPS) is 34.0. The molecule has 8 fully saturated rings. The summed E-state index contributed by atoms with van der Waals surface area (Å²) in [6.07, 6.45) is 17.1. The molecule has 2 aromatic carbocycles. The van der Waals surface area contributed by atoms with Crippen LogP contribution in [0.15, 0.2) is 36.4 Å². The minimum absolute atomic E-state index is 0.263. The van der Waals surface area contributed by atoms with Crippen LogP contribution in [0.5, 0.6) is 0 Å². The Bertz CT molecular complexity index is 1900. The molecule has 10 rings (SSSR count). The van der Waals surface area contributed by atoms with Gasteiger partial charge in [0.2, 0.25) is 0 Å². The van der Waals surface area contributed by atoms with Crippen molar-refractivity contribution < 1.29 is 0 Å². The van der Waals surface area contributed by atoms with Gasteiger partial charge in [-0.15, -0.1) is 22.2 Å². The SMILES string of the molecule is C[Si](C)(C)C#Cc1cc(C#C[Si](C)(C)C)cc(C23CC4CC(C2)CC(C25CC6CC(CC(c7cc(C#C[Si](C)(C)C)cc(C#C[Si](C)(C)C)c7)(C6)C2)C5)(C4)C3)c1. The maximum atomic E-state index is 3.73. The van der Waals surface area contributed by atoms with Crippen LogP contribution < -0.4 is 0 Å². The first-order valence-corrected chi connectivity index (χ1v) is 36.4. The fourth-order valence-corrected chi connectivity index (χ4v) is 15.7. The van der Waals surface area contributed by atoms with Gasteiger partial charge in [0.05, 0.1) is 0 Å². The molecule has 56 heavy (non-hydrogen) atoms. The lowest BCUT2D eigenvalue weighted by Gasteiger charge is -2.74. The second-order valence-electron chi connectivity index (χ2n) is 24.6. The number of rotatable bonds is 3. The first-order valence-electron chi connectivity index (χ1n) is 22.4. The van der Waals surface area contributed by atoms with E-state index < -0.39 is 32.3 Å². The molecule has 4 heteroatoms. The zero-order valence-corrected chi connectivity index (χ0v) is 41.3. The largest absolute Gasteiger partial charge is 0.129 e. The molecule has 0 heterocycles.